The molecule has 2 aromatic rings. The Kier molecular flexibility index (Phi) is 5.91. The van der Waals surface area contributed by atoms with Gasteiger partial charge >= 0.3 is 0 Å². The van der Waals surface area contributed by atoms with Gasteiger partial charge in [0, 0.05) is 15.7 Å². The van der Waals surface area contributed by atoms with Crippen molar-refractivity contribution in [3.63, 3.8) is 0 Å². The van der Waals surface area contributed by atoms with E-state index in [1.54, 1.807) is 18.2 Å². The maximum absolute atomic E-state index is 12.7. The summed E-state index contributed by atoms with van der Waals surface area (Å²) >= 11 is 12.3. The molecule has 0 saturated heterocycles. The van der Waals surface area contributed by atoms with Crippen LogP contribution in [-0.2, 0) is 12.8 Å². The van der Waals surface area contributed by atoms with Gasteiger partial charge in [0.2, 0.25) is 0 Å². The predicted molar refractivity (Wildman–Crippen MR) is 96.2 cm³/mol. The average molecular weight is 352 g/mol. The monoisotopic (exact) mass is 351 g/mol. The quantitative estimate of drug-likeness (QED) is 0.785. The molecule has 2 rings (SSSR count). The number of benzene rings is 2. The SMILES string of the molecule is CCc1ccc(Cl)c(CC)c1NC(=O)c1cc(Cl)ccc1OC. The number of ether oxygens (including phenoxy) is 1. The van der Waals surface area contributed by atoms with Crippen molar-refractivity contribution in [2.75, 3.05) is 12.4 Å². The first-order valence-electron chi connectivity index (χ1n) is 7.46. The first-order valence-corrected chi connectivity index (χ1v) is 8.22. The Morgan fingerprint density at radius 3 is 2.48 bits per heavy atom. The van der Waals surface area contributed by atoms with Gasteiger partial charge in [0.1, 0.15) is 5.75 Å². The Morgan fingerprint density at radius 2 is 1.87 bits per heavy atom. The van der Waals surface area contributed by atoms with Crippen LogP contribution in [0.2, 0.25) is 10.0 Å². The molecule has 3 nitrogen and oxygen atoms in total. The molecule has 0 aliphatic heterocycles. The highest BCUT2D eigenvalue weighted by Gasteiger charge is 2.17. The van der Waals surface area contributed by atoms with Crippen LogP contribution in [0.5, 0.6) is 5.75 Å². The van der Waals surface area contributed by atoms with E-state index in [4.69, 9.17) is 27.9 Å². The van der Waals surface area contributed by atoms with Gasteiger partial charge in [-0.15, -0.1) is 0 Å². The first-order chi connectivity index (χ1) is 11.0. The number of hydrogen-bond acceptors (Lipinski definition) is 2. The molecule has 23 heavy (non-hydrogen) atoms. The van der Waals surface area contributed by atoms with Crippen molar-refractivity contribution in [2.45, 2.75) is 26.7 Å². The van der Waals surface area contributed by atoms with Crippen LogP contribution in [0.1, 0.15) is 35.3 Å². The molecule has 0 aliphatic carbocycles. The molecule has 0 saturated carbocycles. The van der Waals surface area contributed by atoms with Crippen LogP contribution in [0, 0.1) is 0 Å². The minimum Gasteiger partial charge on any atom is -0.496 e. The van der Waals surface area contributed by atoms with E-state index in [0.29, 0.717) is 21.4 Å². The first kappa shape index (κ1) is 17.6. The highest BCUT2D eigenvalue weighted by atomic mass is 35.5. The zero-order valence-electron chi connectivity index (χ0n) is 13.4. The Morgan fingerprint density at radius 1 is 1.13 bits per heavy atom. The van der Waals surface area contributed by atoms with Gasteiger partial charge in [-0.2, -0.15) is 0 Å². The molecule has 0 radical (unpaired) electrons. The summed E-state index contributed by atoms with van der Waals surface area (Å²) in [6.45, 7) is 4.05. The summed E-state index contributed by atoms with van der Waals surface area (Å²) in [5.41, 5.74) is 3.14. The zero-order chi connectivity index (χ0) is 17.0. The van der Waals surface area contributed by atoms with E-state index in [0.717, 1.165) is 29.7 Å². The lowest BCUT2D eigenvalue weighted by molar-refractivity contribution is 0.102. The van der Waals surface area contributed by atoms with Crippen molar-refractivity contribution in [3.8, 4) is 5.75 Å². The zero-order valence-corrected chi connectivity index (χ0v) is 14.9. The second kappa shape index (κ2) is 7.71. The second-order valence-electron chi connectivity index (χ2n) is 5.07. The highest BCUT2D eigenvalue weighted by Crippen LogP contribution is 2.31. The minimum atomic E-state index is -0.268. The van der Waals surface area contributed by atoms with E-state index in [1.807, 2.05) is 26.0 Å². The Balaban J connectivity index is 2.45. The molecule has 0 heterocycles. The summed E-state index contributed by atoms with van der Waals surface area (Å²) in [7, 11) is 1.52. The topological polar surface area (TPSA) is 38.3 Å². The number of rotatable bonds is 5. The number of anilines is 1. The lowest BCUT2D eigenvalue weighted by Crippen LogP contribution is -2.16. The molecule has 1 amide bonds. The van der Waals surface area contributed by atoms with E-state index >= 15 is 0 Å². The number of halogens is 2. The second-order valence-corrected chi connectivity index (χ2v) is 5.91. The molecule has 122 valence electrons. The summed E-state index contributed by atoms with van der Waals surface area (Å²) < 4.78 is 5.25. The molecule has 1 N–H and O–H groups in total. The predicted octanol–water partition coefficient (Wildman–Crippen LogP) is 5.38. The van der Waals surface area contributed by atoms with Crippen LogP contribution in [0.25, 0.3) is 0 Å². The third kappa shape index (κ3) is 3.80. The van der Waals surface area contributed by atoms with Crippen LogP contribution in [0.15, 0.2) is 30.3 Å². The Hall–Kier alpha value is -1.71. The highest BCUT2D eigenvalue weighted by molar-refractivity contribution is 6.32. The number of carbonyl (C=O) groups is 1. The van der Waals surface area contributed by atoms with Gasteiger partial charge < -0.3 is 10.1 Å². The molecular formula is C18H19Cl2NO2. The molecule has 0 spiro atoms. The molecule has 2 aromatic carbocycles. The molecule has 5 heteroatoms. The fourth-order valence-electron chi connectivity index (χ4n) is 2.51. The van der Waals surface area contributed by atoms with Crippen LogP contribution < -0.4 is 10.1 Å². The van der Waals surface area contributed by atoms with Crippen molar-refractivity contribution in [3.05, 3.63) is 57.1 Å². The summed E-state index contributed by atoms with van der Waals surface area (Å²) in [5.74, 6) is 0.209. The number of nitrogens with one attached hydrogen (secondary N) is 1. The molecule has 0 bridgehead atoms. The van der Waals surface area contributed by atoms with E-state index in [9.17, 15) is 4.79 Å². The van der Waals surface area contributed by atoms with Gasteiger partial charge in [0.25, 0.3) is 5.91 Å². The number of hydrogen-bond donors (Lipinski definition) is 1. The third-order valence-corrected chi connectivity index (χ3v) is 4.31. The maximum Gasteiger partial charge on any atom is 0.259 e. The molecule has 0 fully saturated rings. The van der Waals surface area contributed by atoms with Crippen molar-refractivity contribution in [2.24, 2.45) is 0 Å². The van der Waals surface area contributed by atoms with Gasteiger partial charge in [0.15, 0.2) is 0 Å². The largest absolute Gasteiger partial charge is 0.496 e. The van der Waals surface area contributed by atoms with Gasteiger partial charge in [-0.25, -0.2) is 0 Å². The van der Waals surface area contributed by atoms with Crippen molar-refractivity contribution < 1.29 is 9.53 Å². The van der Waals surface area contributed by atoms with Gasteiger partial charge in [-0.05, 0) is 48.2 Å². The summed E-state index contributed by atoms with van der Waals surface area (Å²) in [6.07, 6.45) is 1.53. The number of aryl methyl sites for hydroxylation is 1. The van der Waals surface area contributed by atoms with Crippen LogP contribution in [0.4, 0.5) is 5.69 Å². The fraction of sp³-hybridized carbons (Fsp3) is 0.278. The summed E-state index contributed by atoms with van der Waals surface area (Å²) in [4.78, 5) is 12.7. The summed E-state index contributed by atoms with van der Waals surface area (Å²) in [5, 5.41) is 4.11. The van der Waals surface area contributed by atoms with Gasteiger partial charge in [-0.1, -0.05) is 43.1 Å². The van der Waals surface area contributed by atoms with Crippen LogP contribution >= 0.6 is 23.2 Å². The van der Waals surface area contributed by atoms with Crippen molar-refractivity contribution in [1.82, 2.24) is 0 Å². The Bertz CT molecular complexity index is 729. The van der Waals surface area contributed by atoms with E-state index in [2.05, 4.69) is 5.32 Å². The van der Waals surface area contributed by atoms with Crippen LogP contribution in [-0.4, -0.2) is 13.0 Å². The molecule has 0 atom stereocenters. The van der Waals surface area contributed by atoms with E-state index in [-0.39, 0.29) is 5.91 Å². The smallest absolute Gasteiger partial charge is 0.259 e. The molecule has 0 aromatic heterocycles. The minimum absolute atomic E-state index is 0.268. The van der Waals surface area contributed by atoms with E-state index in [1.165, 1.54) is 7.11 Å². The standard InChI is InChI=1S/C18H19Cl2NO2/c1-4-11-6-8-15(20)13(5-2)17(11)21-18(22)14-10-12(19)7-9-16(14)23-3/h6-10H,4-5H2,1-3H3,(H,21,22). The average Bonchev–Trinajstić information content (AvgIpc) is 2.55. The Labute approximate surface area is 146 Å². The van der Waals surface area contributed by atoms with Crippen LogP contribution in [0.3, 0.4) is 0 Å². The molecular weight excluding hydrogens is 333 g/mol. The van der Waals surface area contributed by atoms with Gasteiger partial charge in [0.05, 0.1) is 12.7 Å². The lowest BCUT2D eigenvalue weighted by Gasteiger charge is -2.17. The molecule has 0 unspecified atom stereocenters. The normalized spacial score (nSPS) is 10.5. The molecule has 0 aliphatic rings. The van der Waals surface area contributed by atoms with E-state index < -0.39 is 0 Å². The maximum atomic E-state index is 12.7. The third-order valence-electron chi connectivity index (χ3n) is 3.72. The van der Waals surface area contributed by atoms with Crippen molar-refractivity contribution in [1.29, 1.82) is 0 Å². The van der Waals surface area contributed by atoms with Crippen molar-refractivity contribution >= 4 is 34.8 Å². The fourth-order valence-corrected chi connectivity index (χ4v) is 2.97. The number of methoxy groups -OCH3 is 1. The number of amides is 1. The lowest BCUT2D eigenvalue weighted by atomic mass is 10.0. The van der Waals surface area contributed by atoms with Gasteiger partial charge in [-0.3, -0.25) is 4.79 Å². The summed E-state index contributed by atoms with van der Waals surface area (Å²) in [6, 6.07) is 8.76. The number of carbonyl (C=O) groups excluding carboxylic acids is 1.